The summed E-state index contributed by atoms with van der Waals surface area (Å²) >= 11 is 5.31. The number of piperidine rings is 1. The second-order valence-corrected chi connectivity index (χ2v) is 7.57. The molecule has 3 aromatic rings. The van der Waals surface area contributed by atoms with Crippen LogP contribution in [0.2, 0.25) is 0 Å². The minimum absolute atomic E-state index is 0.134. The Hall–Kier alpha value is -2.61. The molecule has 0 spiro atoms. The minimum Gasteiger partial charge on any atom is -0.497 e. The molecule has 1 amide bonds. The van der Waals surface area contributed by atoms with Gasteiger partial charge in [0.1, 0.15) is 18.1 Å². The highest BCUT2D eigenvalue weighted by atomic mass is 32.1. The van der Waals surface area contributed by atoms with Gasteiger partial charge in [0.25, 0.3) is 0 Å². The van der Waals surface area contributed by atoms with Gasteiger partial charge < -0.3 is 18.8 Å². The molecular formula is C20H25N5O2S. The number of carbonyl (C=O) groups excluding carboxylic acids is 1. The van der Waals surface area contributed by atoms with Crippen LogP contribution in [0.4, 0.5) is 0 Å². The first-order valence-electron chi connectivity index (χ1n) is 9.66. The summed E-state index contributed by atoms with van der Waals surface area (Å²) in [6.07, 6.45) is 3.96. The molecule has 1 N–H and O–H groups in total. The Morgan fingerprint density at radius 1 is 1.39 bits per heavy atom. The molecule has 4 rings (SSSR count). The number of nitrogens with zero attached hydrogens (tertiary/aromatic N) is 4. The Bertz CT molecular complexity index is 1050. The Morgan fingerprint density at radius 3 is 3.04 bits per heavy atom. The van der Waals surface area contributed by atoms with Gasteiger partial charge in [0.15, 0.2) is 4.77 Å². The molecule has 0 aliphatic carbocycles. The van der Waals surface area contributed by atoms with Crippen LogP contribution in [0.5, 0.6) is 5.75 Å². The minimum atomic E-state index is 0.134. The van der Waals surface area contributed by atoms with Crippen molar-refractivity contribution in [3.63, 3.8) is 0 Å². The lowest BCUT2D eigenvalue weighted by Crippen LogP contribution is -2.41. The van der Waals surface area contributed by atoms with Crippen LogP contribution in [0.25, 0.3) is 10.9 Å². The first-order valence-corrected chi connectivity index (χ1v) is 10.1. The Balaban J connectivity index is 1.50. The normalized spacial score (nSPS) is 17.2. The Kier molecular flexibility index (Phi) is 5.21. The molecule has 8 heteroatoms. The molecule has 2 aromatic heterocycles. The van der Waals surface area contributed by atoms with Crippen LogP contribution in [0.15, 0.2) is 30.5 Å². The van der Waals surface area contributed by atoms with Crippen molar-refractivity contribution in [3.8, 4) is 5.75 Å². The van der Waals surface area contributed by atoms with E-state index in [1.54, 1.807) is 7.11 Å². The predicted molar refractivity (Wildman–Crippen MR) is 110 cm³/mol. The smallest absolute Gasteiger partial charge is 0.242 e. The number of benzene rings is 1. The second kappa shape index (κ2) is 7.79. The average Bonchev–Trinajstić information content (AvgIpc) is 3.30. The fraction of sp³-hybridized carbons (Fsp3) is 0.450. The summed E-state index contributed by atoms with van der Waals surface area (Å²) in [5, 5.41) is 8.39. The molecule has 1 aromatic carbocycles. The number of amides is 1. The third-order valence-electron chi connectivity index (χ3n) is 5.53. The zero-order chi connectivity index (χ0) is 19.7. The third kappa shape index (κ3) is 3.44. The SMILES string of the molecule is CCn1c(C2CCCN(C(=O)Cn3ccc4cc(OC)ccc43)C2)n[nH]c1=S. The summed E-state index contributed by atoms with van der Waals surface area (Å²) < 4.78 is 9.96. The first-order chi connectivity index (χ1) is 13.6. The number of ether oxygens (including phenoxy) is 1. The highest BCUT2D eigenvalue weighted by Crippen LogP contribution is 2.27. The van der Waals surface area contributed by atoms with Gasteiger partial charge in [-0.15, -0.1) is 0 Å². The molecule has 1 unspecified atom stereocenters. The van der Waals surface area contributed by atoms with Gasteiger partial charge in [0.2, 0.25) is 5.91 Å². The largest absolute Gasteiger partial charge is 0.497 e. The van der Waals surface area contributed by atoms with E-state index < -0.39 is 0 Å². The Morgan fingerprint density at radius 2 is 2.25 bits per heavy atom. The first kappa shape index (κ1) is 18.7. The summed E-state index contributed by atoms with van der Waals surface area (Å²) in [6.45, 7) is 4.66. The summed E-state index contributed by atoms with van der Waals surface area (Å²) in [5.41, 5.74) is 1.04. The van der Waals surface area contributed by atoms with E-state index in [-0.39, 0.29) is 11.8 Å². The van der Waals surface area contributed by atoms with Crippen molar-refractivity contribution in [2.24, 2.45) is 0 Å². The van der Waals surface area contributed by atoms with Crippen LogP contribution in [0.1, 0.15) is 31.5 Å². The lowest BCUT2D eigenvalue weighted by atomic mass is 9.97. The summed E-state index contributed by atoms with van der Waals surface area (Å²) in [7, 11) is 1.66. The topological polar surface area (TPSA) is 68.1 Å². The molecule has 1 aliphatic rings. The highest BCUT2D eigenvalue weighted by Gasteiger charge is 2.28. The van der Waals surface area contributed by atoms with Crippen LogP contribution in [-0.2, 0) is 17.9 Å². The zero-order valence-corrected chi connectivity index (χ0v) is 17.0. The molecule has 1 aliphatic heterocycles. The van der Waals surface area contributed by atoms with E-state index in [1.165, 1.54) is 0 Å². The molecule has 28 heavy (non-hydrogen) atoms. The van der Waals surface area contributed by atoms with Gasteiger partial charge >= 0.3 is 0 Å². The van der Waals surface area contributed by atoms with Gasteiger partial charge in [-0.2, -0.15) is 5.10 Å². The van der Waals surface area contributed by atoms with Crippen molar-refractivity contribution < 1.29 is 9.53 Å². The summed E-state index contributed by atoms with van der Waals surface area (Å²) in [5.74, 6) is 2.13. The van der Waals surface area contributed by atoms with Crippen molar-refractivity contribution in [1.82, 2.24) is 24.2 Å². The van der Waals surface area contributed by atoms with Gasteiger partial charge in [0, 0.05) is 42.7 Å². The zero-order valence-electron chi connectivity index (χ0n) is 16.2. The monoisotopic (exact) mass is 399 g/mol. The maximum absolute atomic E-state index is 13.0. The number of methoxy groups -OCH3 is 1. The number of hydrogen-bond acceptors (Lipinski definition) is 4. The van der Waals surface area contributed by atoms with Crippen molar-refractivity contribution in [2.45, 2.75) is 38.8 Å². The summed E-state index contributed by atoms with van der Waals surface area (Å²) in [6, 6.07) is 7.93. The van der Waals surface area contributed by atoms with E-state index in [1.807, 2.05) is 44.5 Å². The highest BCUT2D eigenvalue weighted by molar-refractivity contribution is 7.71. The second-order valence-electron chi connectivity index (χ2n) is 7.18. The number of H-pyrrole nitrogens is 1. The quantitative estimate of drug-likeness (QED) is 0.668. The van der Waals surface area contributed by atoms with E-state index in [9.17, 15) is 4.79 Å². The molecular weight excluding hydrogens is 374 g/mol. The number of hydrogen-bond donors (Lipinski definition) is 1. The maximum Gasteiger partial charge on any atom is 0.242 e. The Labute approximate surface area is 168 Å². The van der Waals surface area contributed by atoms with Crippen molar-refractivity contribution in [1.29, 1.82) is 0 Å². The van der Waals surface area contributed by atoms with Crippen LogP contribution in [0, 0.1) is 4.77 Å². The predicted octanol–water partition coefficient (Wildman–Crippen LogP) is 3.33. The molecule has 7 nitrogen and oxygen atoms in total. The lowest BCUT2D eigenvalue weighted by Gasteiger charge is -2.32. The maximum atomic E-state index is 13.0. The van der Waals surface area contributed by atoms with Crippen LogP contribution >= 0.6 is 12.2 Å². The van der Waals surface area contributed by atoms with Gasteiger partial charge in [-0.05, 0) is 56.2 Å². The van der Waals surface area contributed by atoms with Crippen LogP contribution < -0.4 is 4.74 Å². The van der Waals surface area contributed by atoms with E-state index in [0.717, 1.165) is 48.4 Å². The number of rotatable bonds is 5. The fourth-order valence-electron chi connectivity index (χ4n) is 4.05. The molecule has 148 valence electrons. The van der Waals surface area contributed by atoms with E-state index in [2.05, 4.69) is 17.1 Å². The van der Waals surface area contributed by atoms with E-state index >= 15 is 0 Å². The number of nitrogens with one attached hydrogen (secondary N) is 1. The van der Waals surface area contributed by atoms with Gasteiger partial charge in [0.05, 0.1) is 7.11 Å². The number of aromatic amines is 1. The van der Waals surface area contributed by atoms with Gasteiger partial charge in [-0.1, -0.05) is 0 Å². The van der Waals surface area contributed by atoms with E-state index in [0.29, 0.717) is 17.9 Å². The van der Waals surface area contributed by atoms with Crippen LogP contribution in [0.3, 0.4) is 0 Å². The molecule has 1 saturated heterocycles. The van der Waals surface area contributed by atoms with Gasteiger partial charge in [-0.3, -0.25) is 9.89 Å². The van der Waals surface area contributed by atoms with Crippen LogP contribution in [-0.4, -0.2) is 50.3 Å². The van der Waals surface area contributed by atoms with Crippen molar-refractivity contribution >= 4 is 29.0 Å². The van der Waals surface area contributed by atoms with E-state index in [4.69, 9.17) is 17.0 Å². The molecule has 1 atom stereocenters. The average molecular weight is 400 g/mol. The third-order valence-corrected chi connectivity index (χ3v) is 5.84. The molecule has 3 heterocycles. The van der Waals surface area contributed by atoms with Crippen molar-refractivity contribution in [3.05, 3.63) is 41.1 Å². The molecule has 1 fully saturated rings. The molecule has 0 saturated carbocycles. The molecule has 0 radical (unpaired) electrons. The number of aromatic nitrogens is 4. The standard InChI is InChI=1S/C20H25N5O2S/c1-3-25-19(21-22-20(25)28)15-5-4-9-24(12-15)18(26)13-23-10-8-14-11-16(27-2)6-7-17(14)23/h6-8,10-11,15H,3-5,9,12-13H2,1-2H3,(H,22,28). The molecule has 0 bridgehead atoms. The lowest BCUT2D eigenvalue weighted by molar-refractivity contribution is -0.133. The van der Waals surface area contributed by atoms with Crippen molar-refractivity contribution in [2.75, 3.05) is 20.2 Å². The number of likely N-dealkylation sites (tertiary alicyclic amines) is 1. The number of carbonyl (C=O) groups is 1. The summed E-state index contributed by atoms with van der Waals surface area (Å²) in [4.78, 5) is 15.0. The van der Waals surface area contributed by atoms with Gasteiger partial charge in [-0.25, -0.2) is 0 Å². The number of fused-ring (bicyclic) bond motifs is 1. The fourth-order valence-corrected chi connectivity index (χ4v) is 4.32.